The third kappa shape index (κ3) is 2.53. The van der Waals surface area contributed by atoms with Crippen molar-refractivity contribution in [3.63, 3.8) is 0 Å². The molecule has 0 bridgehead atoms. The van der Waals surface area contributed by atoms with E-state index in [1.807, 2.05) is 30.3 Å². The highest BCUT2D eigenvalue weighted by molar-refractivity contribution is 6.12. The molecule has 3 rings (SSSR count). The van der Waals surface area contributed by atoms with Gasteiger partial charge in [0.1, 0.15) is 11.5 Å². The molecule has 0 atom stereocenters. The third-order valence-electron chi connectivity index (χ3n) is 3.15. The van der Waals surface area contributed by atoms with Crippen LogP contribution < -0.4 is 11.1 Å². The van der Waals surface area contributed by atoms with Crippen molar-refractivity contribution in [1.29, 1.82) is 0 Å². The van der Waals surface area contributed by atoms with Crippen LogP contribution in [0.3, 0.4) is 0 Å². The molecule has 4 nitrogen and oxygen atoms in total. The van der Waals surface area contributed by atoms with Crippen molar-refractivity contribution in [3.8, 4) is 0 Å². The number of carbonyl (C=O) groups excluding carboxylic acids is 1. The molecule has 0 spiro atoms. The number of nitrogens with zero attached hydrogens (tertiary/aromatic N) is 1. The number of carbonyl (C=O) groups is 1. The first kappa shape index (κ1) is 13.1. The van der Waals surface area contributed by atoms with E-state index in [1.165, 1.54) is 12.1 Å². The van der Waals surface area contributed by atoms with E-state index in [0.717, 1.165) is 16.8 Å². The summed E-state index contributed by atoms with van der Waals surface area (Å²) in [5.74, 6) is -0.834. The lowest BCUT2D eigenvalue weighted by molar-refractivity contribution is 0.102. The second kappa shape index (κ2) is 5.20. The molecule has 0 radical (unpaired) electrons. The predicted octanol–water partition coefficient (Wildman–Crippen LogP) is 3.21. The van der Waals surface area contributed by atoms with E-state index in [-0.39, 0.29) is 11.6 Å². The molecule has 0 fully saturated rings. The molecule has 1 heterocycles. The van der Waals surface area contributed by atoms with Crippen LogP contribution in [0.5, 0.6) is 0 Å². The Morgan fingerprint density at radius 1 is 1.14 bits per heavy atom. The Morgan fingerprint density at radius 3 is 2.76 bits per heavy atom. The Labute approximate surface area is 120 Å². The quantitative estimate of drug-likeness (QED) is 0.709. The second-order valence-electron chi connectivity index (χ2n) is 4.57. The Morgan fingerprint density at radius 2 is 1.95 bits per heavy atom. The van der Waals surface area contributed by atoms with Crippen molar-refractivity contribution in [2.75, 3.05) is 11.1 Å². The molecule has 0 aliphatic rings. The van der Waals surface area contributed by atoms with Gasteiger partial charge in [0.2, 0.25) is 0 Å². The summed E-state index contributed by atoms with van der Waals surface area (Å²) < 4.78 is 13.0. The van der Waals surface area contributed by atoms with Crippen LogP contribution in [0.1, 0.15) is 10.5 Å². The Bertz CT molecular complexity index is 827. The zero-order chi connectivity index (χ0) is 14.8. The lowest BCUT2D eigenvalue weighted by Gasteiger charge is -2.09. The highest BCUT2D eigenvalue weighted by Gasteiger charge is 2.13. The minimum Gasteiger partial charge on any atom is -0.397 e. The van der Waals surface area contributed by atoms with Gasteiger partial charge >= 0.3 is 0 Å². The number of fused-ring (bicyclic) bond motifs is 1. The second-order valence-corrected chi connectivity index (χ2v) is 4.57. The van der Waals surface area contributed by atoms with E-state index < -0.39 is 5.82 Å². The molecule has 0 unspecified atom stereocenters. The number of benzene rings is 2. The van der Waals surface area contributed by atoms with Gasteiger partial charge in [0.25, 0.3) is 5.91 Å². The molecule has 0 saturated carbocycles. The third-order valence-corrected chi connectivity index (χ3v) is 3.15. The van der Waals surface area contributed by atoms with Gasteiger partial charge in [-0.2, -0.15) is 0 Å². The van der Waals surface area contributed by atoms with E-state index in [0.29, 0.717) is 11.4 Å². The first-order chi connectivity index (χ1) is 10.1. The van der Waals surface area contributed by atoms with Crippen LogP contribution in [0, 0.1) is 5.82 Å². The molecule has 2 aromatic carbocycles. The van der Waals surface area contributed by atoms with Gasteiger partial charge in [-0.25, -0.2) is 4.39 Å². The molecule has 0 aliphatic carbocycles. The van der Waals surface area contributed by atoms with Crippen LogP contribution in [-0.4, -0.2) is 10.9 Å². The first-order valence-corrected chi connectivity index (χ1v) is 6.35. The van der Waals surface area contributed by atoms with Crippen molar-refractivity contribution in [2.24, 2.45) is 0 Å². The van der Waals surface area contributed by atoms with Gasteiger partial charge in [-0.3, -0.25) is 9.78 Å². The number of nitrogen functional groups attached to an aromatic ring is 1. The molecule has 5 heteroatoms. The fourth-order valence-corrected chi connectivity index (χ4v) is 2.13. The van der Waals surface area contributed by atoms with Crippen molar-refractivity contribution >= 4 is 28.1 Å². The van der Waals surface area contributed by atoms with Crippen LogP contribution in [0.4, 0.5) is 15.8 Å². The van der Waals surface area contributed by atoms with Crippen molar-refractivity contribution in [1.82, 2.24) is 4.98 Å². The molecular formula is C16H12FN3O. The van der Waals surface area contributed by atoms with Crippen molar-refractivity contribution in [2.45, 2.75) is 0 Å². The average molecular weight is 281 g/mol. The molecule has 1 aromatic heterocycles. The predicted molar refractivity (Wildman–Crippen MR) is 80.5 cm³/mol. The largest absolute Gasteiger partial charge is 0.397 e. The molecule has 0 saturated heterocycles. The molecule has 21 heavy (non-hydrogen) atoms. The first-order valence-electron chi connectivity index (χ1n) is 6.35. The van der Waals surface area contributed by atoms with Crippen LogP contribution in [0.25, 0.3) is 10.8 Å². The number of aromatic nitrogens is 1. The number of nitrogens with two attached hydrogens (primary N) is 1. The van der Waals surface area contributed by atoms with Crippen LogP contribution >= 0.6 is 0 Å². The van der Waals surface area contributed by atoms with E-state index in [9.17, 15) is 9.18 Å². The summed E-state index contributed by atoms with van der Waals surface area (Å²) in [5.41, 5.74) is 6.52. The summed E-state index contributed by atoms with van der Waals surface area (Å²) in [6.07, 6.45) is 1.57. The fraction of sp³-hybridized carbons (Fsp3) is 0. The van der Waals surface area contributed by atoms with E-state index in [2.05, 4.69) is 10.3 Å². The maximum atomic E-state index is 13.0. The van der Waals surface area contributed by atoms with Gasteiger partial charge in [-0.05, 0) is 29.7 Å². The van der Waals surface area contributed by atoms with Gasteiger partial charge in [0.05, 0.1) is 11.4 Å². The van der Waals surface area contributed by atoms with E-state index in [4.69, 9.17) is 5.73 Å². The lowest BCUT2D eigenvalue weighted by Crippen LogP contribution is -2.15. The standard InChI is InChI=1S/C16H12FN3O/c17-11-5-6-14(13(18)9-11)20-16(21)15-12-4-2-1-3-10(12)7-8-19-15/h1-9H,18H2,(H,20,21). The Kier molecular flexibility index (Phi) is 3.23. The average Bonchev–Trinajstić information content (AvgIpc) is 2.49. The summed E-state index contributed by atoms with van der Waals surface area (Å²) >= 11 is 0. The fourth-order valence-electron chi connectivity index (χ4n) is 2.13. The van der Waals surface area contributed by atoms with Crippen LogP contribution in [0.2, 0.25) is 0 Å². The van der Waals surface area contributed by atoms with Gasteiger partial charge < -0.3 is 11.1 Å². The number of anilines is 2. The van der Waals surface area contributed by atoms with Crippen LogP contribution in [-0.2, 0) is 0 Å². The maximum absolute atomic E-state index is 13.0. The lowest BCUT2D eigenvalue weighted by atomic mass is 10.1. The molecule has 3 aromatic rings. The maximum Gasteiger partial charge on any atom is 0.274 e. The zero-order valence-electron chi connectivity index (χ0n) is 11.0. The monoisotopic (exact) mass is 281 g/mol. The number of hydrogen-bond acceptors (Lipinski definition) is 3. The number of pyridine rings is 1. The SMILES string of the molecule is Nc1cc(F)ccc1NC(=O)c1nccc2ccccc12. The minimum absolute atomic E-state index is 0.170. The van der Waals surface area contributed by atoms with Gasteiger partial charge in [-0.15, -0.1) is 0 Å². The molecule has 1 amide bonds. The summed E-state index contributed by atoms with van der Waals surface area (Å²) in [6, 6.07) is 13.1. The van der Waals surface area contributed by atoms with Gasteiger partial charge in [0.15, 0.2) is 0 Å². The molecular weight excluding hydrogens is 269 g/mol. The summed E-state index contributed by atoms with van der Waals surface area (Å²) in [6.45, 7) is 0. The Balaban J connectivity index is 1.97. The van der Waals surface area contributed by atoms with E-state index >= 15 is 0 Å². The number of nitrogens with one attached hydrogen (secondary N) is 1. The number of halogens is 1. The normalized spacial score (nSPS) is 10.5. The number of hydrogen-bond donors (Lipinski definition) is 2. The van der Waals surface area contributed by atoms with Crippen molar-refractivity contribution < 1.29 is 9.18 Å². The summed E-state index contributed by atoms with van der Waals surface area (Å²) in [7, 11) is 0. The topological polar surface area (TPSA) is 68.0 Å². The highest BCUT2D eigenvalue weighted by Crippen LogP contribution is 2.22. The highest BCUT2D eigenvalue weighted by atomic mass is 19.1. The zero-order valence-corrected chi connectivity index (χ0v) is 11.0. The Hall–Kier alpha value is -2.95. The minimum atomic E-state index is -0.450. The smallest absolute Gasteiger partial charge is 0.274 e. The van der Waals surface area contributed by atoms with E-state index in [1.54, 1.807) is 6.20 Å². The van der Waals surface area contributed by atoms with Gasteiger partial charge in [0, 0.05) is 11.6 Å². The molecule has 104 valence electrons. The van der Waals surface area contributed by atoms with Crippen molar-refractivity contribution in [3.05, 3.63) is 66.2 Å². The summed E-state index contributed by atoms with van der Waals surface area (Å²) in [5, 5.41) is 4.32. The van der Waals surface area contributed by atoms with Gasteiger partial charge in [-0.1, -0.05) is 24.3 Å². The number of rotatable bonds is 2. The molecule has 3 N–H and O–H groups in total. The number of amides is 1. The summed E-state index contributed by atoms with van der Waals surface area (Å²) in [4.78, 5) is 16.5. The van der Waals surface area contributed by atoms with Crippen LogP contribution in [0.15, 0.2) is 54.7 Å². The molecule has 0 aliphatic heterocycles.